The van der Waals surface area contributed by atoms with Crippen molar-refractivity contribution in [1.82, 2.24) is 0 Å². The Morgan fingerprint density at radius 3 is 2.35 bits per heavy atom. The minimum Gasteiger partial charge on any atom is -0.478 e. The van der Waals surface area contributed by atoms with Gasteiger partial charge in [-0.2, -0.15) is 0 Å². The fraction of sp³-hybridized carbons (Fsp3) is 0.760. The number of aliphatic carboxylic acids is 2. The molecule has 9 nitrogen and oxygen atoms in total. The Morgan fingerprint density at radius 2 is 1.74 bits per heavy atom. The Morgan fingerprint density at radius 1 is 1.06 bits per heavy atom. The maximum absolute atomic E-state index is 12.5. The molecule has 0 unspecified atom stereocenters. The zero-order valence-electron chi connectivity index (χ0n) is 20.2. The minimum absolute atomic E-state index is 0.0736. The minimum atomic E-state index is -1.26. The molecule has 9 heteroatoms. The summed E-state index contributed by atoms with van der Waals surface area (Å²) < 4.78 is 0. The maximum atomic E-state index is 12.5. The van der Waals surface area contributed by atoms with Gasteiger partial charge < -0.3 is 25.9 Å². The zero-order valence-corrected chi connectivity index (χ0v) is 20.2. The van der Waals surface area contributed by atoms with E-state index in [9.17, 15) is 19.5 Å². The number of Topliss-reactive ketones (excluding diaryl/α,β-unsaturated/α-hetero) is 1. The van der Waals surface area contributed by atoms with Crippen molar-refractivity contribution in [2.75, 3.05) is 13.2 Å². The standard InChI is InChI=1S/C21H34N2O3.C4H4O4/c1-19-8-7-17-15(16(19)3-4-18(19)24)6-10-21(25)13-14(23-26-12-11-22)5-9-20(17,21)2;5-3(6)1-2-4(7)8/h15-17,25H,3-13,22H2,1-2H3;1-2H,(H,5,6)(H,7,8)/b;2-1+/t15-,16-,17-,19-,20+,21+;/m0./s1. The molecule has 0 aromatic rings. The van der Waals surface area contributed by atoms with Crippen molar-refractivity contribution in [1.29, 1.82) is 0 Å². The van der Waals surface area contributed by atoms with Gasteiger partial charge in [0.05, 0.1) is 11.3 Å². The first kappa shape index (κ1) is 26.3. The summed E-state index contributed by atoms with van der Waals surface area (Å²) in [5.41, 5.74) is 5.59. The molecule has 0 amide bonds. The Kier molecular flexibility index (Phi) is 7.87. The van der Waals surface area contributed by atoms with E-state index in [1.54, 1.807) is 0 Å². The lowest BCUT2D eigenvalue weighted by Crippen LogP contribution is -2.62. The molecule has 190 valence electrons. The number of carbonyl (C=O) groups excluding carboxylic acids is 1. The highest BCUT2D eigenvalue weighted by atomic mass is 16.6. The van der Waals surface area contributed by atoms with E-state index in [1.165, 1.54) is 0 Å². The number of carboxylic acid groups (broad SMARTS) is 2. The molecule has 0 aromatic heterocycles. The van der Waals surface area contributed by atoms with Gasteiger partial charge in [0.25, 0.3) is 0 Å². The van der Waals surface area contributed by atoms with Gasteiger partial charge in [-0.25, -0.2) is 9.59 Å². The molecule has 0 spiro atoms. The summed E-state index contributed by atoms with van der Waals surface area (Å²) in [7, 11) is 0. The number of carbonyl (C=O) groups is 3. The van der Waals surface area contributed by atoms with E-state index in [-0.39, 0.29) is 10.8 Å². The molecule has 0 aromatic carbocycles. The van der Waals surface area contributed by atoms with Crippen LogP contribution >= 0.6 is 0 Å². The lowest BCUT2D eigenvalue weighted by Gasteiger charge is -2.62. The molecule has 5 N–H and O–H groups in total. The molecule has 0 bridgehead atoms. The van der Waals surface area contributed by atoms with Crippen molar-refractivity contribution >= 4 is 23.4 Å². The molecule has 0 aliphatic heterocycles. The van der Waals surface area contributed by atoms with E-state index in [4.69, 9.17) is 20.8 Å². The first-order valence-corrected chi connectivity index (χ1v) is 12.2. The van der Waals surface area contributed by atoms with Crippen LogP contribution in [0.1, 0.15) is 71.6 Å². The molecule has 4 fully saturated rings. The number of oxime groups is 1. The second kappa shape index (κ2) is 10.2. The van der Waals surface area contributed by atoms with Crippen LogP contribution in [0.4, 0.5) is 0 Å². The number of nitrogens with zero attached hydrogens (tertiary/aromatic N) is 1. The summed E-state index contributed by atoms with van der Waals surface area (Å²) in [6, 6.07) is 0. The molecule has 4 aliphatic carbocycles. The summed E-state index contributed by atoms with van der Waals surface area (Å²) in [6.45, 7) is 5.41. The van der Waals surface area contributed by atoms with Crippen LogP contribution in [-0.2, 0) is 19.2 Å². The second-order valence-corrected chi connectivity index (χ2v) is 10.7. The predicted octanol–water partition coefficient (Wildman–Crippen LogP) is 2.76. The highest BCUT2D eigenvalue weighted by molar-refractivity contribution is 5.89. The third kappa shape index (κ3) is 4.91. The van der Waals surface area contributed by atoms with Gasteiger partial charge in [0.15, 0.2) is 0 Å². The van der Waals surface area contributed by atoms with Crippen LogP contribution in [0, 0.1) is 28.6 Å². The van der Waals surface area contributed by atoms with Crippen molar-refractivity contribution < 1.29 is 34.5 Å². The van der Waals surface area contributed by atoms with Crippen molar-refractivity contribution in [2.24, 2.45) is 39.5 Å². The highest BCUT2D eigenvalue weighted by Crippen LogP contribution is 2.66. The average Bonchev–Trinajstić information content (AvgIpc) is 3.08. The number of hydrogen-bond donors (Lipinski definition) is 4. The molecule has 4 rings (SSSR count). The molecule has 4 saturated carbocycles. The van der Waals surface area contributed by atoms with Crippen molar-refractivity contribution in [2.45, 2.75) is 77.2 Å². The van der Waals surface area contributed by atoms with Crippen LogP contribution in [0.25, 0.3) is 0 Å². The van der Waals surface area contributed by atoms with Crippen molar-refractivity contribution in [3.05, 3.63) is 12.2 Å². The number of carboxylic acids is 2. The monoisotopic (exact) mass is 478 g/mol. The fourth-order valence-electron chi connectivity index (χ4n) is 7.24. The molecule has 34 heavy (non-hydrogen) atoms. The van der Waals surface area contributed by atoms with Crippen LogP contribution in [-0.4, -0.2) is 57.5 Å². The van der Waals surface area contributed by atoms with Gasteiger partial charge in [-0.1, -0.05) is 19.0 Å². The molecular formula is C25H38N2O7. The summed E-state index contributed by atoms with van der Waals surface area (Å²) in [6.07, 6.45) is 9.37. The van der Waals surface area contributed by atoms with Gasteiger partial charge in [0.2, 0.25) is 0 Å². The Hall–Kier alpha value is -2.26. The highest BCUT2D eigenvalue weighted by Gasteiger charge is 2.64. The molecule has 0 heterocycles. The second-order valence-electron chi connectivity index (χ2n) is 10.7. The fourth-order valence-corrected chi connectivity index (χ4v) is 7.24. The number of hydrogen-bond acceptors (Lipinski definition) is 7. The van der Waals surface area contributed by atoms with Crippen LogP contribution in [0.5, 0.6) is 0 Å². The lowest BCUT2D eigenvalue weighted by molar-refractivity contribution is -0.188. The van der Waals surface area contributed by atoms with Crippen LogP contribution in [0.2, 0.25) is 0 Å². The Labute approximate surface area is 200 Å². The van der Waals surface area contributed by atoms with E-state index in [2.05, 4.69) is 19.0 Å². The van der Waals surface area contributed by atoms with Gasteiger partial charge in [0, 0.05) is 42.4 Å². The van der Waals surface area contributed by atoms with Gasteiger partial charge in [-0.05, 0) is 62.7 Å². The average molecular weight is 479 g/mol. The summed E-state index contributed by atoms with van der Waals surface area (Å²) in [5, 5.41) is 31.5. The Balaban J connectivity index is 0.000000350. The predicted molar refractivity (Wildman–Crippen MR) is 125 cm³/mol. The van der Waals surface area contributed by atoms with Gasteiger partial charge in [0.1, 0.15) is 12.4 Å². The lowest BCUT2D eigenvalue weighted by atomic mass is 9.43. The van der Waals surface area contributed by atoms with E-state index >= 15 is 0 Å². The SMILES string of the molecule is C[C@]12CC[C@H]3[C@@H](CC[C@@]4(O)CC(=NOCCN)CC[C@]34C)[C@@H]1CCC2=O.O=C(O)/C=C/C(=O)O. The molecule has 0 radical (unpaired) electrons. The van der Waals surface area contributed by atoms with Crippen LogP contribution in [0.3, 0.4) is 0 Å². The summed E-state index contributed by atoms with van der Waals surface area (Å²) in [5.74, 6) is -0.380. The normalized spacial score (nSPS) is 40.1. The van der Waals surface area contributed by atoms with Gasteiger partial charge in [-0.15, -0.1) is 0 Å². The molecule has 0 saturated heterocycles. The molecule has 6 atom stereocenters. The molecule has 4 aliphatic rings. The smallest absolute Gasteiger partial charge is 0.328 e. The molecular weight excluding hydrogens is 440 g/mol. The largest absolute Gasteiger partial charge is 0.478 e. The number of fused-ring (bicyclic) bond motifs is 5. The zero-order chi connectivity index (χ0) is 25.1. The number of rotatable bonds is 5. The van der Waals surface area contributed by atoms with Crippen molar-refractivity contribution in [3.63, 3.8) is 0 Å². The number of nitrogens with two attached hydrogens (primary N) is 1. The summed E-state index contributed by atoms with van der Waals surface area (Å²) >= 11 is 0. The first-order valence-electron chi connectivity index (χ1n) is 12.2. The first-order chi connectivity index (χ1) is 16.0. The quantitative estimate of drug-likeness (QED) is 0.267. The summed E-state index contributed by atoms with van der Waals surface area (Å²) in [4.78, 5) is 36.9. The van der Waals surface area contributed by atoms with E-state index in [1.807, 2.05) is 0 Å². The third-order valence-corrected chi connectivity index (χ3v) is 9.12. The topological polar surface area (TPSA) is 160 Å². The van der Waals surface area contributed by atoms with E-state index in [0.29, 0.717) is 55.3 Å². The van der Waals surface area contributed by atoms with E-state index in [0.717, 1.165) is 57.1 Å². The van der Waals surface area contributed by atoms with Crippen LogP contribution in [0.15, 0.2) is 17.3 Å². The Bertz CT molecular complexity index is 855. The number of aliphatic hydroxyl groups is 1. The van der Waals surface area contributed by atoms with Crippen molar-refractivity contribution in [3.8, 4) is 0 Å². The van der Waals surface area contributed by atoms with Gasteiger partial charge in [-0.3, -0.25) is 4.79 Å². The third-order valence-electron chi connectivity index (χ3n) is 9.12. The maximum Gasteiger partial charge on any atom is 0.328 e. The number of ketones is 1. The van der Waals surface area contributed by atoms with Crippen LogP contribution < -0.4 is 5.73 Å². The van der Waals surface area contributed by atoms with Gasteiger partial charge >= 0.3 is 11.9 Å². The van der Waals surface area contributed by atoms with E-state index < -0.39 is 17.5 Å².